The van der Waals surface area contributed by atoms with Crippen molar-refractivity contribution >= 4 is 7.82 Å². The molecule has 26 heavy (non-hydrogen) atoms. The molecular weight excluding hydrogens is 377 g/mol. The average Bonchev–Trinajstić information content (AvgIpc) is 3.16. The molecule has 1 saturated heterocycles. The molecule has 1 aliphatic rings. The van der Waals surface area contributed by atoms with E-state index in [4.69, 9.17) is 18.9 Å². The minimum Gasteiger partial charge on any atom is -0.444 e. The fraction of sp³-hybridized carbons (Fsp3) is 0.417. The van der Waals surface area contributed by atoms with Crippen LogP contribution in [-0.4, -0.2) is 59.5 Å². The van der Waals surface area contributed by atoms with Gasteiger partial charge in [-0.3, -0.25) is 18.9 Å². The first-order chi connectivity index (χ1) is 12.2. The van der Waals surface area contributed by atoms with Crippen molar-refractivity contribution in [3.63, 3.8) is 0 Å². The Bertz CT molecular complexity index is 931. The first kappa shape index (κ1) is 18.7. The van der Waals surface area contributed by atoms with Gasteiger partial charge in [0.05, 0.1) is 12.8 Å². The van der Waals surface area contributed by atoms with Crippen LogP contribution in [0.4, 0.5) is 0 Å². The number of rotatable bonds is 5. The molecule has 14 heteroatoms. The van der Waals surface area contributed by atoms with Crippen LogP contribution in [0.1, 0.15) is 6.23 Å². The molecule has 0 spiro atoms. The monoisotopic (exact) mass is 391 g/mol. The fourth-order valence-corrected chi connectivity index (χ4v) is 2.79. The number of nitrogens with zero attached hydrogens (tertiary/aromatic N) is 2. The van der Waals surface area contributed by atoms with Gasteiger partial charge in [-0.2, -0.15) is 0 Å². The quantitative estimate of drug-likeness (QED) is 0.351. The molecule has 1 aliphatic heterocycles. The molecule has 142 valence electrons. The molecule has 0 aromatic carbocycles. The van der Waals surface area contributed by atoms with Gasteiger partial charge in [0, 0.05) is 6.20 Å². The lowest BCUT2D eigenvalue weighted by Gasteiger charge is -2.17. The van der Waals surface area contributed by atoms with Crippen molar-refractivity contribution in [1.82, 2.24) is 14.5 Å². The van der Waals surface area contributed by atoms with Gasteiger partial charge in [0.25, 0.3) is 5.56 Å². The number of oxazole rings is 1. The van der Waals surface area contributed by atoms with Crippen LogP contribution in [0.5, 0.6) is 0 Å². The average molecular weight is 391 g/mol. The second-order valence-electron chi connectivity index (χ2n) is 5.38. The summed E-state index contributed by atoms with van der Waals surface area (Å²) in [5.74, 6) is -0.0885. The molecule has 2 aromatic rings. The Morgan fingerprint density at radius 3 is 2.65 bits per heavy atom. The van der Waals surface area contributed by atoms with Gasteiger partial charge >= 0.3 is 13.5 Å². The van der Waals surface area contributed by atoms with Crippen LogP contribution in [0.3, 0.4) is 0 Å². The molecule has 5 N–H and O–H groups in total. The van der Waals surface area contributed by atoms with E-state index >= 15 is 0 Å². The van der Waals surface area contributed by atoms with Gasteiger partial charge in [-0.15, -0.1) is 0 Å². The number of ether oxygens (including phenoxy) is 1. The summed E-state index contributed by atoms with van der Waals surface area (Å²) in [5, 5.41) is 20.1. The number of aliphatic hydroxyl groups is 2. The number of hydrogen-bond donors (Lipinski definition) is 5. The van der Waals surface area contributed by atoms with Gasteiger partial charge in [-0.05, 0) is 0 Å². The topological polar surface area (TPSA) is 197 Å². The van der Waals surface area contributed by atoms with Crippen LogP contribution in [0.2, 0.25) is 0 Å². The van der Waals surface area contributed by atoms with Crippen LogP contribution in [0, 0.1) is 0 Å². The lowest BCUT2D eigenvalue weighted by atomic mass is 10.1. The zero-order valence-electron chi connectivity index (χ0n) is 12.8. The highest BCUT2D eigenvalue weighted by atomic mass is 31.2. The van der Waals surface area contributed by atoms with Crippen molar-refractivity contribution in [1.29, 1.82) is 0 Å². The highest BCUT2D eigenvalue weighted by Gasteiger charge is 2.45. The van der Waals surface area contributed by atoms with E-state index in [1.165, 1.54) is 12.5 Å². The predicted octanol–water partition coefficient (Wildman–Crippen LogP) is -2.08. The third-order valence-electron chi connectivity index (χ3n) is 3.65. The molecular formula is C12H14N3O10P. The summed E-state index contributed by atoms with van der Waals surface area (Å²) < 4.78 is 26.1. The SMILES string of the molecule is O=c1[nH]c(=O)n([C@@H]2O[C@H](COP(=O)(O)O)[C@H](O)[C@H]2O)cc1-c1ncco1. The highest BCUT2D eigenvalue weighted by molar-refractivity contribution is 7.46. The summed E-state index contributed by atoms with van der Waals surface area (Å²) >= 11 is 0. The number of aliphatic hydroxyl groups excluding tert-OH is 2. The maximum Gasteiger partial charge on any atom is 0.469 e. The normalized spacial score (nSPS) is 26.3. The molecule has 13 nitrogen and oxygen atoms in total. The summed E-state index contributed by atoms with van der Waals surface area (Å²) in [4.78, 5) is 47.2. The summed E-state index contributed by atoms with van der Waals surface area (Å²) in [6, 6.07) is 0. The van der Waals surface area contributed by atoms with E-state index in [1.807, 2.05) is 4.98 Å². The Labute approximate surface area is 143 Å². The Morgan fingerprint density at radius 1 is 1.31 bits per heavy atom. The molecule has 0 radical (unpaired) electrons. The zero-order chi connectivity index (χ0) is 19.1. The van der Waals surface area contributed by atoms with E-state index in [2.05, 4.69) is 9.51 Å². The third kappa shape index (κ3) is 3.68. The van der Waals surface area contributed by atoms with E-state index in [1.54, 1.807) is 0 Å². The standard InChI is InChI=1S/C12H14N3O10P/c16-7-6(4-24-26(20,21)22)25-11(8(7)17)15-3-5(9(18)14-12(15)19)10-13-1-2-23-10/h1-3,6-8,11,16-17H,4H2,(H,14,18,19)(H2,20,21,22)/t6-,7+,8-,11-/m1/s1. The number of hydrogen-bond acceptors (Lipinski definition) is 9. The third-order valence-corrected chi connectivity index (χ3v) is 4.13. The van der Waals surface area contributed by atoms with Gasteiger partial charge in [0.2, 0.25) is 5.89 Å². The second kappa shape index (κ2) is 6.89. The number of phosphoric ester groups is 1. The summed E-state index contributed by atoms with van der Waals surface area (Å²) in [6.45, 7) is -0.732. The van der Waals surface area contributed by atoms with Gasteiger partial charge < -0.3 is 29.2 Å². The maximum absolute atomic E-state index is 12.1. The van der Waals surface area contributed by atoms with Crippen molar-refractivity contribution in [2.24, 2.45) is 0 Å². The van der Waals surface area contributed by atoms with Crippen LogP contribution in [-0.2, 0) is 13.8 Å². The van der Waals surface area contributed by atoms with E-state index in [0.717, 1.165) is 10.8 Å². The van der Waals surface area contributed by atoms with E-state index in [-0.39, 0.29) is 11.5 Å². The van der Waals surface area contributed by atoms with Crippen molar-refractivity contribution in [3.8, 4) is 11.5 Å². The van der Waals surface area contributed by atoms with Gasteiger partial charge in [0.1, 0.15) is 30.1 Å². The van der Waals surface area contributed by atoms with Crippen LogP contribution in [0.15, 0.2) is 32.7 Å². The molecule has 3 heterocycles. The van der Waals surface area contributed by atoms with Crippen LogP contribution < -0.4 is 11.2 Å². The Kier molecular flexibility index (Phi) is 4.94. The number of H-pyrrole nitrogens is 1. The molecule has 0 bridgehead atoms. The number of aromatic amines is 1. The molecule has 2 aromatic heterocycles. The molecule has 0 aliphatic carbocycles. The summed E-state index contributed by atoms with van der Waals surface area (Å²) in [5.41, 5.74) is -1.86. The van der Waals surface area contributed by atoms with Crippen LogP contribution in [0.25, 0.3) is 11.5 Å². The van der Waals surface area contributed by atoms with Crippen molar-refractivity contribution < 1.29 is 38.2 Å². The first-order valence-electron chi connectivity index (χ1n) is 7.14. The van der Waals surface area contributed by atoms with E-state index in [9.17, 15) is 24.4 Å². The largest absolute Gasteiger partial charge is 0.469 e. The van der Waals surface area contributed by atoms with Crippen molar-refractivity contribution in [3.05, 3.63) is 39.5 Å². The van der Waals surface area contributed by atoms with Gasteiger partial charge in [0.15, 0.2) is 6.23 Å². The second-order valence-corrected chi connectivity index (χ2v) is 6.62. The van der Waals surface area contributed by atoms with E-state index < -0.39 is 50.2 Å². The fourth-order valence-electron chi connectivity index (χ4n) is 2.45. The summed E-state index contributed by atoms with van der Waals surface area (Å²) in [7, 11) is -4.82. The minimum atomic E-state index is -4.82. The molecule has 0 amide bonds. The number of phosphoric acid groups is 1. The molecule has 1 fully saturated rings. The molecule has 0 saturated carbocycles. The lowest BCUT2D eigenvalue weighted by molar-refractivity contribution is -0.0542. The van der Waals surface area contributed by atoms with Crippen LogP contribution >= 0.6 is 7.82 Å². The predicted molar refractivity (Wildman–Crippen MR) is 80.7 cm³/mol. The Balaban J connectivity index is 1.91. The number of aromatic nitrogens is 3. The smallest absolute Gasteiger partial charge is 0.444 e. The van der Waals surface area contributed by atoms with Gasteiger partial charge in [-0.25, -0.2) is 14.3 Å². The minimum absolute atomic E-state index is 0.0885. The maximum atomic E-state index is 12.1. The molecule has 0 unspecified atom stereocenters. The van der Waals surface area contributed by atoms with E-state index in [0.29, 0.717) is 0 Å². The van der Waals surface area contributed by atoms with Crippen molar-refractivity contribution in [2.45, 2.75) is 24.5 Å². The lowest BCUT2D eigenvalue weighted by Crippen LogP contribution is -2.38. The van der Waals surface area contributed by atoms with Gasteiger partial charge in [-0.1, -0.05) is 0 Å². The molecule has 3 rings (SSSR count). The molecule has 4 atom stereocenters. The zero-order valence-corrected chi connectivity index (χ0v) is 13.7. The summed E-state index contributed by atoms with van der Waals surface area (Å²) in [6.07, 6.45) is -2.49. The Morgan fingerprint density at radius 2 is 2.04 bits per heavy atom. The van der Waals surface area contributed by atoms with Crippen molar-refractivity contribution in [2.75, 3.05) is 6.61 Å². The highest BCUT2D eigenvalue weighted by Crippen LogP contribution is 2.38. The Hall–Kier alpha value is -2.12. The number of nitrogens with one attached hydrogen (secondary N) is 1. The first-order valence-corrected chi connectivity index (χ1v) is 8.67.